The van der Waals surface area contributed by atoms with Crippen LogP contribution in [0.1, 0.15) is 45.1 Å². The zero-order valence-electron chi connectivity index (χ0n) is 16.6. The lowest BCUT2D eigenvalue weighted by Gasteiger charge is -2.32. The highest BCUT2D eigenvalue weighted by molar-refractivity contribution is 9.10. The summed E-state index contributed by atoms with van der Waals surface area (Å²) in [6.07, 6.45) is 4.55. The van der Waals surface area contributed by atoms with E-state index in [1.165, 1.54) is 18.7 Å². The smallest absolute Gasteiger partial charge is 0.278 e. The fourth-order valence-electron chi connectivity index (χ4n) is 4.54. The van der Waals surface area contributed by atoms with Crippen molar-refractivity contribution in [1.29, 1.82) is 0 Å². The van der Waals surface area contributed by atoms with Crippen LogP contribution in [0.3, 0.4) is 0 Å². The SMILES string of the molecule is CCOc1ccc([C@]2(O)[C@@H](C)[N+]3=C(CCCCC3)N2c2ccc(Br)cc2)cc1. The van der Waals surface area contributed by atoms with Crippen LogP contribution >= 0.6 is 15.9 Å². The molecular formula is C23H28BrN2O2+. The Balaban J connectivity index is 1.82. The summed E-state index contributed by atoms with van der Waals surface area (Å²) in [5.41, 5.74) is 0.795. The van der Waals surface area contributed by atoms with Crippen LogP contribution in [0.5, 0.6) is 5.75 Å². The number of aliphatic hydroxyl groups is 1. The van der Waals surface area contributed by atoms with Crippen LogP contribution in [0.4, 0.5) is 5.69 Å². The first-order chi connectivity index (χ1) is 13.6. The molecule has 0 spiro atoms. The number of ether oxygens (including phenoxy) is 1. The van der Waals surface area contributed by atoms with Crippen LogP contribution in [-0.2, 0) is 5.72 Å². The van der Waals surface area contributed by atoms with Crippen molar-refractivity contribution >= 4 is 27.5 Å². The van der Waals surface area contributed by atoms with Gasteiger partial charge in [-0.15, -0.1) is 0 Å². The highest BCUT2D eigenvalue weighted by Crippen LogP contribution is 2.42. The fourth-order valence-corrected chi connectivity index (χ4v) is 4.81. The molecule has 5 heteroatoms. The van der Waals surface area contributed by atoms with Gasteiger partial charge in [-0.2, -0.15) is 4.90 Å². The molecule has 0 saturated heterocycles. The lowest BCUT2D eigenvalue weighted by Crippen LogP contribution is -2.51. The minimum Gasteiger partial charge on any atom is -0.494 e. The largest absolute Gasteiger partial charge is 0.494 e. The van der Waals surface area contributed by atoms with Gasteiger partial charge in [0.05, 0.1) is 13.2 Å². The molecule has 148 valence electrons. The number of rotatable bonds is 4. The highest BCUT2D eigenvalue weighted by atomic mass is 79.9. The zero-order chi connectivity index (χ0) is 19.7. The summed E-state index contributed by atoms with van der Waals surface area (Å²) in [5.74, 6) is 2.06. The van der Waals surface area contributed by atoms with Gasteiger partial charge < -0.3 is 9.84 Å². The number of amidine groups is 1. The molecule has 2 aromatic rings. The molecule has 2 heterocycles. The Morgan fingerprint density at radius 3 is 2.50 bits per heavy atom. The molecule has 4 rings (SSSR count). The third-order valence-corrected chi connectivity index (χ3v) is 6.48. The second-order valence-corrected chi connectivity index (χ2v) is 8.51. The van der Waals surface area contributed by atoms with Crippen LogP contribution in [-0.4, -0.2) is 34.7 Å². The van der Waals surface area contributed by atoms with Gasteiger partial charge in [0, 0.05) is 16.5 Å². The van der Waals surface area contributed by atoms with Crippen LogP contribution in [0.15, 0.2) is 53.0 Å². The summed E-state index contributed by atoms with van der Waals surface area (Å²) in [7, 11) is 0. The molecule has 4 nitrogen and oxygen atoms in total. The molecule has 0 unspecified atom stereocenters. The summed E-state index contributed by atoms with van der Waals surface area (Å²) >= 11 is 3.53. The van der Waals surface area contributed by atoms with Crippen LogP contribution < -0.4 is 9.64 Å². The molecule has 0 bridgehead atoms. The Morgan fingerprint density at radius 2 is 1.82 bits per heavy atom. The quantitative estimate of drug-likeness (QED) is 0.683. The Kier molecular flexibility index (Phi) is 5.48. The van der Waals surface area contributed by atoms with Gasteiger partial charge in [0.2, 0.25) is 0 Å². The summed E-state index contributed by atoms with van der Waals surface area (Å²) in [6, 6.07) is 16.1. The van der Waals surface area contributed by atoms with Gasteiger partial charge in [-0.25, -0.2) is 0 Å². The number of benzene rings is 2. The van der Waals surface area contributed by atoms with E-state index >= 15 is 0 Å². The molecule has 28 heavy (non-hydrogen) atoms. The van der Waals surface area contributed by atoms with E-state index in [0.29, 0.717) is 6.61 Å². The van der Waals surface area contributed by atoms with Gasteiger partial charge in [-0.05, 0) is 81.6 Å². The van der Waals surface area contributed by atoms with Crippen molar-refractivity contribution in [3.8, 4) is 5.75 Å². The van der Waals surface area contributed by atoms with Crippen molar-refractivity contribution in [2.24, 2.45) is 0 Å². The average molecular weight is 444 g/mol. The van der Waals surface area contributed by atoms with E-state index in [1.54, 1.807) is 0 Å². The second kappa shape index (κ2) is 7.88. The van der Waals surface area contributed by atoms with Gasteiger partial charge in [-0.3, -0.25) is 4.58 Å². The Morgan fingerprint density at radius 1 is 1.11 bits per heavy atom. The van der Waals surface area contributed by atoms with E-state index < -0.39 is 5.72 Å². The molecule has 0 aliphatic carbocycles. The third kappa shape index (κ3) is 3.25. The predicted octanol–water partition coefficient (Wildman–Crippen LogP) is 4.89. The lowest BCUT2D eigenvalue weighted by molar-refractivity contribution is -0.571. The monoisotopic (exact) mass is 443 g/mol. The number of anilines is 1. The maximum Gasteiger partial charge on any atom is 0.278 e. The normalized spacial score (nSPS) is 24.9. The van der Waals surface area contributed by atoms with Crippen molar-refractivity contribution in [1.82, 2.24) is 0 Å². The van der Waals surface area contributed by atoms with E-state index in [1.807, 2.05) is 43.3 Å². The van der Waals surface area contributed by atoms with E-state index in [9.17, 15) is 5.11 Å². The third-order valence-electron chi connectivity index (χ3n) is 5.96. The van der Waals surface area contributed by atoms with Crippen molar-refractivity contribution in [3.05, 3.63) is 58.6 Å². The maximum absolute atomic E-state index is 12.2. The number of nitrogens with zero attached hydrogens (tertiary/aromatic N) is 2. The van der Waals surface area contributed by atoms with Crippen LogP contribution in [0, 0.1) is 0 Å². The minimum atomic E-state index is -1.12. The number of halogens is 1. The molecule has 0 amide bonds. The molecule has 2 atom stereocenters. The molecule has 1 N–H and O–H groups in total. The summed E-state index contributed by atoms with van der Waals surface area (Å²) < 4.78 is 9.05. The average Bonchev–Trinajstić information content (AvgIpc) is 2.86. The van der Waals surface area contributed by atoms with Gasteiger partial charge in [0.25, 0.3) is 11.6 Å². The molecule has 0 aromatic heterocycles. The highest BCUT2D eigenvalue weighted by Gasteiger charge is 2.59. The van der Waals surface area contributed by atoms with Crippen molar-refractivity contribution < 1.29 is 14.4 Å². The van der Waals surface area contributed by atoms with E-state index in [2.05, 4.69) is 44.5 Å². The summed E-state index contributed by atoms with van der Waals surface area (Å²) in [6.45, 7) is 5.74. The lowest BCUT2D eigenvalue weighted by atomic mass is 9.93. The van der Waals surface area contributed by atoms with Crippen LogP contribution in [0.25, 0.3) is 0 Å². The van der Waals surface area contributed by atoms with Gasteiger partial charge in [-0.1, -0.05) is 15.9 Å². The van der Waals surface area contributed by atoms with Crippen molar-refractivity contribution in [2.75, 3.05) is 18.1 Å². The topological polar surface area (TPSA) is 35.7 Å². The van der Waals surface area contributed by atoms with Gasteiger partial charge in [0.15, 0.2) is 6.04 Å². The summed E-state index contributed by atoms with van der Waals surface area (Å²) in [4.78, 5) is 2.16. The second-order valence-electron chi connectivity index (χ2n) is 7.59. The Hall–Kier alpha value is -1.85. The van der Waals surface area contributed by atoms with E-state index in [0.717, 1.165) is 40.9 Å². The standard InChI is InChI=1S/C23H28BrN2O2/c1-3-28-21-14-8-18(9-15-21)23(27)17(2)25-16-6-4-5-7-22(25)26(23)20-12-10-19(24)11-13-20/h8-15,17,27H,3-7,16H2,1-2H3/q+1/t17-,23-/m1/s1. The first kappa shape index (κ1) is 19.5. The van der Waals surface area contributed by atoms with Crippen molar-refractivity contribution in [3.63, 3.8) is 0 Å². The first-order valence-electron chi connectivity index (χ1n) is 10.2. The van der Waals surface area contributed by atoms with Gasteiger partial charge >= 0.3 is 0 Å². The van der Waals surface area contributed by atoms with Gasteiger partial charge in [0.1, 0.15) is 11.4 Å². The molecule has 0 fully saturated rings. The first-order valence-corrected chi connectivity index (χ1v) is 11.0. The molecule has 0 saturated carbocycles. The van der Waals surface area contributed by atoms with Crippen molar-refractivity contribution in [2.45, 2.75) is 51.3 Å². The molecule has 2 aliphatic heterocycles. The molecule has 0 radical (unpaired) electrons. The molecular weight excluding hydrogens is 416 g/mol. The number of hydrogen-bond acceptors (Lipinski definition) is 3. The van der Waals surface area contributed by atoms with Crippen LogP contribution in [0.2, 0.25) is 0 Å². The maximum atomic E-state index is 12.2. The minimum absolute atomic E-state index is 0.0396. The fraction of sp³-hybridized carbons (Fsp3) is 0.435. The Labute approximate surface area is 175 Å². The summed E-state index contributed by atoms with van der Waals surface area (Å²) in [5, 5.41) is 12.2. The number of hydrogen-bond donors (Lipinski definition) is 1. The molecule has 2 aliphatic rings. The Bertz CT molecular complexity index is 863. The predicted molar refractivity (Wildman–Crippen MR) is 116 cm³/mol. The molecule has 2 aromatic carbocycles. The van der Waals surface area contributed by atoms with E-state index in [4.69, 9.17) is 4.74 Å². The van der Waals surface area contributed by atoms with E-state index in [-0.39, 0.29) is 6.04 Å². The zero-order valence-corrected chi connectivity index (χ0v) is 18.2.